The molecule has 1 aliphatic rings. The first-order valence-corrected chi connectivity index (χ1v) is 11.0. The standard InChI is InChI=1S/C24H32N4O4/c1-6-32-24(31)20-17(4)22(25-18(20)5)23(30)28-12-10-27(11-13-28)14-19(29)26-21-15(2)8-7-9-16(21)3/h7-9,25H,6,10-14H2,1-5H3,(H,26,29). The van der Waals surface area contributed by atoms with Crippen LogP contribution in [-0.2, 0) is 9.53 Å². The molecule has 2 aromatic rings. The molecule has 0 bridgehead atoms. The molecule has 32 heavy (non-hydrogen) atoms. The number of nitrogens with zero attached hydrogens (tertiary/aromatic N) is 2. The van der Waals surface area contributed by atoms with E-state index >= 15 is 0 Å². The summed E-state index contributed by atoms with van der Waals surface area (Å²) < 4.78 is 5.11. The van der Waals surface area contributed by atoms with E-state index in [9.17, 15) is 14.4 Å². The minimum Gasteiger partial charge on any atom is -0.462 e. The van der Waals surface area contributed by atoms with Crippen LogP contribution in [0.4, 0.5) is 5.69 Å². The Labute approximate surface area is 188 Å². The van der Waals surface area contributed by atoms with Crippen LogP contribution in [0.1, 0.15) is 50.2 Å². The van der Waals surface area contributed by atoms with Gasteiger partial charge in [-0.15, -0.1) is 0 Å². The number of aromatic amines is 1. The Balaban J connectivity index is 1.58. The molecular weight excluding hydrogens is 408 g/mol. The van der Waals surface area contributed by atoms with Crippen molar-refractivity contribution in [2.75, 3.05) is 44.6 Å². The Morgan fingerprint density at radius 1 is 1.03 bits per heavy atom. The summed E-state index contributed by atoms with van der Waals surface area (Å²) in [4.78, 5) is 44.7. The summed E-state index contributed by atoms with van der Waals surface area (Å²) >= 11 is 0. The number of para-hydroxylation sites is 1. The Bertz CT molecular complexity index is 999. The highest BCUT2D eigenvalue weighted by Gasteiger charge is 2.28. The maximum atomic E-state index is 13.1. The van der Waals surface area contributed by atoms with Crippen LogP contribution in [0, 0.1) is 27.7 Å². The van der Waals surface area contributed by atoms with Gasteiger partial charge in [0.25, 0.3) is 5.91 Å². The van der Waals surface area contributed by atoms with Crippen molar-refractivity contribution in [2.45, 2.75) is 34.6 Å². The van der Waals surface area contributed by atoms with E-state index in [0.29, 0.717) is 48.7 Å². The number of piperazine rings is 1. The third kappa shape index (κ3) is 5.02. The number of hydrogen-bond donors (Lipinski definition) is 2. The van der Waals surface area contributed by atoms with Gasteiger partial charge in [0.05, 0.1) is 18.7 Å². The highest BCUT2D eigenvalue weighted by molar-refractivity contribution is 6.00. The Hall–Kier alpha value is -3.13. The highest BCUT2D eigenvalue weighted by atomic mass is 16.5. The van der Waals surface area contributed by atoms with Crippen LogP contribution in [0.25, 0.3) is 0 Å². The number of amides is 2. The minimum absolute atomic E-state index is 0.0582. The maximum Gasteiger partial charge on any atom is 0.340 e. The van der Waals surface area contributed by atoms with Gasteiger partial charge in [-0.1, -0.05) is 18.2 Å². The number of carbonyl (C=O) groups is 3. The van der Waals surface area contributed by atoms with E-state index < -0.39 is 5.97 Å². The fourth-order valence-corrected chi connectivity index (χ4v) is 4.13. The van der Waals surface area contributed by atoms with Gasteiger partial charge in [0, 0.05) is 37.6 Å². The zero-order chi connectivity index (χ0) is 23.4. The third-order valence-corrected chi connectivity index (χ3v) is 5.90. The van der Waals surface area contributed by atoms with Crippen molar-refractivity contribution in [3.63, 3.8) is 0 Å². The molecule has 0 atom stereocenters. The molecule has 2 N–H and O–H groups in total. The summed E-state index contributed by atoms with van der Waals surface area (Å²) in [6.45, 7) is 12.0. The lowest BCUT2D eigenvalue weighted by Gasteiger charge is -2.34. The van der Waals surface area contributed by atoms with Gasteiger partial charge in [0.1, 0.15) is 5.69 Å². The zero-order valence-electron chi connectivity index (χ0n) is 19.5. The van der Waals surface area contributed by atoms with Crippen molar-refractivity contribution in [3.05, 3.63) is 51.8 Å². The third-order valence-electron chi connectivity index (χ3n) is 5.90. The van der Waals surface area contributed by atoms with E-state index in [-0.39, 0.29) is 25.0 Å². The number of carbonyl (C=O) groups excluding carboxylic acids is 3. The highest BCUT2D eigenvalue weighted by Crippen LogP contribution is 2.22. The average Bonchev–Trinajstić information content (AvgIpc) is 3.05. The topological polar surface area (TPSA) is 94.7 Å². The lowest BCUT2D eigenvalue weighted by Crippen LogP contribution is -2.50. The second-order valence-electron chi connectivity index (χ2n) is 8.23. The van der Waals surface area contributed by atoms with Gasteiger partial charge in [-0.25, -0.2) is 4.79 Å². The summed E-state index contributed by atoms with van der Waals surface area (Å²) in [6.07, 6.45) is 0. The number of esters is 1. The predicted octanol–water partition coefficient (Wildman–Crippen LogP) is 2.82. The molecular formula is C24H32N4O4. The molecule has 1 aliphatic heterocycles. The molecule has 172 valence electrons. The average molecular weight is 441 g/mol. The fourth-order valence-electron chi connectivity index (χ4n) is 4.13. The lowest BCUT2D eigenvalue weighted by molar-refractivity contribution is -0.117. The van der Waals surface area contributed by atoms with Crippen LogP contribution < -0.4 is 5.32 Å². The summed E-state index contributed by atoms with van der Waals surface area (Å²) in [6, 6.07) is 5.93. The van der Waals surface area contributed by atoms with E-state index in [1.165, 1.54) is 0 Å². The molecule has 0 unspecified atom stereocenters. The van der Waals surface area contributed by atoms with E-state index in [0.717, 1.165) is 16.8 Å². The van der Waals surface area contributed by atoms with E-state index in [4.69, 9.17) is 4.74 Å². The van der Waals surface area contributed by atoms with Gasteiger partial charge in [-0.2, -0.15) is 0 Å². The van der Waals surface area contributed by atoms with Gasteiger partial charge in [-0.3, -0.25) is 14.5 Å². The van der Waals surface area contributed by atoms with Crippen LogP contribution in [-0.4, -0.2) is 71.9 Å². The number of nitrogens with one attached hydrogen (secondary N) is 2. The molecule has 2 heterocycles. The normalized spacial score (nSPS) is 14.3. The quantitative estimate of drug-likeness (QED) is 0.674. The lowest BCUT2D eigenvalue weighted by atomic mass is 10.1. The van der Waals surface area contributed by atoms with Crippen molar-refractivity contribution >= 4 is 23.5 Å². The molecule has 1 fully saturated rings. The van der Waals surface area contributed by atoms with E-state index in [2.05, 4.69) is 10.3 Å². The summed E-state index contributed by atoms with van der Waals surface area (Å²) in [5.74, 6) is -0.615. The van der Waals surface area contributed by atoms with Gasteiger partial charge in [-0.05, 0) is 51.3 Å². The predicted molar refractivity (Wildman–Crippen MR) is 123 cm³/mol. The van der Waals surface area contributed by atoms with Crippen LogP contribution >= 0.6 is 0 Å². The molecule has 8 heteroatoms. The van der Waals surface area contributed by atoms with Crippen LogP contribution in [0.15, 0.2) is 18.2 Å². The Morgan fingerprint density at radius 3 is 2.25 bits per heavy atom. The Morgan fingerprint density at radius 2 is 1.66 bits per heavy atom. The number of ether oxygens (including phenoxy) is 1. The molecule has 0 saturated carbocycles. The number of benzene rings is 1. The summed E-state index contributed by atoms with van der Waals surface area (Å²) in [5.41, 5.74) is 5.03. The molecule has 1 aromatic heterocycles. The first-order valence-electron chi connectivity index (χ1n) is 11.0. The molecule has 0 spiro atoms. The second kappa shape index (κ2) is 9.99. The van der Waals surface area contributed by atoms with Crippen molar-refractivity contribution < 1.29 is 19.1 Å². The number of aryl methyl sites for hydroxylation is 3. The summed E-state index contributed by atoms with van der Waals surface area (Å²) in [5, 5.41) is 3.01. The second-order valence-corrected chi connectivity index (χ2v) is 8.23. The van der Waals surface area contributed by atoms with E-state index in [1.54, 1.807) is 25.7 Å². The first-order chi connectivity index (χ1) is 15.2. The number of anilines is 1. The molecule has 8 nitrogen and oxygen atoms in total. The molecule has 0 radical (unpaired) electrons. The van der Waals surface area contributed by atoms with Gasteiger partial charge >= 0.3 is 5.97 Å². The number of hydrogen-bond acceptors (Lipinski definition) is 5. The van der Waals surface area contributed by atoms with Gasteiger partial charge < -0.3 is 19.9 Å². The van der Waals surface area contributed by atoms with Crippen LogP contribution in [0.3, 0.4) is 0 Å². The molecule has 0 aliphatic carbocycles. The molecule has 3 rings (SSSR count). The molecule has 2 amide bonds. The minimum atomic E-state index is -0.419. The number of aromatic nitrogens is 1. The van der Waals surface area contributed by atoms with Crippen molar-refractivity contribution in [3.8, 4) is 0 Å². The number of rotatable bonds is 6. The summed E-state index contributed by atoms with van der Waals surface area (Å²) in [7, 11) is 0. The van der Waals surface area contributed by atoms with Crippen LogP contribution in [0.5, 0.6) is 0 Å². The molecule has 1 aromatic carbocycles. The number of H-pyrrole nitrogens is 1. The van der Waals surface area contributed by atoms with Crippen LogP contribution in [0.2, 0.25) is 0 Å². The SMILES string of the molecule is CCOC(=O)c1c(C)[nH]c(C(=O)N2CCN(CC(=O)Nc3c(C)cccc3C)CC2)c1C. The van der Waals surface area contributed by atoms with E-state index in [1.807, 2.05) is 36.9 Å². The monoisotopic (exact) mass is 440 g/mol. The van der Waals surface area contributed by atoms with Gasteiger partial charge in [0.15, 0.2) is 0 Å². The van der Waals surface area contributed by atoms with Gasteiger partial charge in [0.2, 0.25) is 5.91 Å². The smallest absolute Gasteiger partial charge is 0.340 e. The van der Waals surface area contributed by atoms with Crippen molar-refractivity contribution in [1.29, 1.82) is 0 Å². The molecule has 1 saturated heterocycles. The first kappa shape index (κ1) is 23.5. The fraction of sp³-hybridized carbons (Fsp3) is 0.458. The van der Waals surface area contributed by atoms with Crippen molar-refractivity contribution in [1.82, 2.24) is 14.8 Å². The largest absolute Gasteiger partial charge is 0.462 e. The Kier molecular flexibility index (Phi) is 7.35. The maximum absolute atomic E-state index is 13.1. The van der Waals surface area contributed by atoms with Crippen molar-refractivity contribution in [2.24, 2.45) is 0 Å². The zero-order valence-corrected chi connectivity index (χ0v) is 19.5.